The predicted octanol–water partition coefficient (Wildman–Crippen LogP) is 6.15. The third-order valence-corrected chi connectivity index (χ3v) is 7.28. The molecule has 0 unspecified atom stereocenters. The molecule has 0 amide bonds. The third kappa shape index (κ3) is 6.12. The minimum Gasteiger partial charge on any atom is -0.271 e. The summed E-state index contributed by atoms with van der Waals surface area (Å²) in [5.41, 5.74) is 3.28. The van der Waals surface area contributed by atoms with Crippen molar-refractivity contribution in [2.45, 2.75) is 38.9 Å². The second-order valence-corrected chi connectivity index (χ2v) is 9.39. The molecule has 4 nitrogen and oxygen atoms in total. The van der Waals surface area contributed by atoms with Crippen LogP contribution in [0.3, 0.4) is 0 Å². The van der Waals surface area contributed by atoms with Gasteiger partial charge in [-0.1, -0.05) is 91.0 Å². The van der Waals surface area contributed by atoms with Gasteiger partial charge in [-0.2, -0.15) is 0 Å². The summed E-state index contributed by atoms with van der Waals surface area (Å²) in [6.45, 7) is 6.10. The minimum absolute atomic E-state index is 0.0759. The van der Waals surface area contributed by atoms with Crippen LogP contribution in [0.2, 0.25) is 0 Å². The number of nitrogens with one attached hydrogen (secondary N) is 3. The van der Waals surface area contributed by atoms with Gasteiger partial charge >= 0.3 is 0 Å². The summed E-state index contributed by atoms with van der Waals surface area (Å²) in [6.07, 6.45) is 0. The van der Waals surface area contributed by atoms with E-state index in [0.717, 1.165) is 16.7 Å². The van der Waals surface area contributed by atoms with Crippen molar-refractivity contribution in [3.05, 3.63) is 108 Å². The second kappa shape index (κ2) is 10.00. The first-order chi connectivity index (χ1) is 14.0. The molecule has 0 aromatic heterocycles. The number of benzene rings is 3. The van der Waals surface area contributed by atoms with Crippen LogP contribution in [0.1, 0.15) is 55.6 Å². The Morgan fingerprint density at radius 3 is 1.00 bits per heavy atom. The SMILES string of the molecule is C[C@H](NP(=O)(N[C@@H](C)c1ccccc1)N[C@@H](C)c1ccccc1)c1ccccc1. The first kappa shape index (κ1) is 21.5. The highest BCUT2D eigenvalue weighted by Gasteiger charge is 2.29. The quantitative estimate of drug-likeness (QED) is 0.373. The maximum absolute atomic E-state index is 14.0. The lowest BCUT2D eigenvalue weighted by molar-refractivity contribution is 0.506. The van der Waals surface area contributed by atoms with E-state index in [1.54, 1.807) is 0 Å². The van der Waals surface area contributed by atoms with E-state index in [1.165, 1.54) is 0 Å². The Bertz CT molecular complexity index is 796. The number of rotatable bonds is 9. The number of hydrogen-bond donors (Lipinski definition) is 3. The Balaban J connectivity index is 1.82. The molecule has 0 fully saturated rings. The van der Waals surface area contributed by atoms with Crippen LogP contribution >= 0.6 is 7.59 Å². The molecule has 0 spiro atoms. The van der Waals surface area contributed by atoms with Crippen LogP contribution in [0.5, 0.6) is 0 Å². The zero-order valence-corrected chi connectivity index (χ0v) is 18.1. The fourth-order valence-corrected chi connectivity index (χ4v) is 5.69. The van der Waals surface area contributed by atoms with E-state index < -0.39 is 7.59 Å². The van der Waals surface area contributed by atoms with Crippen LogP contribution in [0.25, 0.3) is 0 Å². The monoisotopic (exact) mass is 407 g/mol. The van der Waals surface area contributed by atoms with Crippen molar-refractivity contribution >= 4 is 7.59 Å². The van der Waals surface area contributed by atoms with Crippen molar-refractivity contribution in [1.82, 2.24) is 15.3 Å². The van der Waals surface area contributed by atoms with Gasteiger partial charge in [-0.3, -0.25) is 4.57 Å². The molecule has 3 aromatic rings. The highest BCUT2D eigenvalue weighted by molar-refractivity contribution is 7.57. The zero-order valence-electron chi connectivity index (χ0n) is 17.2. The van der Waals surface area contributed by atoms with Crippen LogP contribution < -0.4 is 15.3 Å². The van der Waals surface area contributed by atoms with Crippen LogP contribution in [0.15, 0.2) is 91.0 Å². The van der Waals surface area contributed by atoms with Gasteiger partial charge in [0.25, 0.3) is 7.59 Å². The van der Waals surface area contributed by atoms with Crippen molar-refractivity contribution in [3.63, 3.8) is 0 Å². The smallest absolute Gasteiger partial charge is 0.271 e. The molecule has 0 aliphatic carbocycles. The molecule has 152 valence electrons. The second-order valence-electron chi connectivity index (χ2n) is 7.39. The first-order valence-corrected chi connectivity index (χ1v) is 11.8. The van der Waals surface area contributed by atoms with Crippen LogP contribution in [0.4, 0.5) is 0 Å². The highest BCUT2D eigenvalue weighted by Crippen LogP contribution is 2.41. The van der Waals surface area contributed by atoms with Crippen molar-refractivity contribution < 1.29 is 4.57 Å². The van der Waals surface area contributed by atoms with Gasteiger partial charge in [0.1, 0.15) is 0 Å². The van der Waals surface area contributed by atoms with Crippen molar-refractivity contribution in [3.8, 4) is 0 Å². The van der Waals surface area contributed by atoms with E-state index in [2.05, 4.69) is 15.3 Å². The van der Waals surface area contributed by atoms with Gasteiger partial charge in [0.2, 0.25) is 0 Å². The average Bonchev–Trinajstić information content (AvgIpc) is 2.75. The maximum atomic E-state index is 14.0. The summed E-state index contributed by atoms with van der Waals surface area (Å²) >= 11 is 0. The van der Waals surface area contributed by atoms with E-state index in [-0.39, 0.29) is 18.1 Å². The molecule has 0 aliphatic heterocycles. The average molecular weight is 407 g/mol. The summed E-state index contributed by atoms with van der Waals surface area (Å²) in [6, 6.07) is 30.0. The van der Waals surface area contributed by atoms with E-state index in [0.29, 0.717) is 0 Å². The molecule has 3 atom stereocenters. The standard InChI is InChI=1S/C24H30N3OP/c1-19(22-13-7-4-8-14-22)25-29(28,26-20(2)23-15-9-5-10-16-23)27-21(3)24-17-11-6-12-18-24/h4-21H,1-3H3,(H3,25,26,27,28)/t19-,20-,21-/m0/s1. The van der Waals surface area contributed by atoms with Gasteiger partial charge in [-0.15, -0.1) is 0 Å². The highest BCUT2D eigenvalue weighted by atomic mass is 31.2. The lowest BCUT2D eigenvalue weighted by Gasteiger charge is -2.31. The Morgan fingerprint density at radius 2 is 0.759 bits per heavy atom. The van der Waals surface area contributed by atoms with Crippen LogP contribution in [-0.4, -0.2) is 0 Å². The van der Waals surface area contributed by atoms with Gasteiger partial charge in [0.05, 0.1) is 0 Å². The number of hydrogen-bond acceptors (Lipinski definition) is 1. The van der Waals surface area contributed by atoms with Gasteiger partial charge in [0, 0.05) is 18.1 Å². The third-order valence-electron chi connectivity index (χ3n) is 5.03. The zero-order chi connectivity index (χ0) is 20.7. The lowest BCUT2D eigenvalue weighted by Crippen LogP contribution is -2.36. The summed E-state index contributed by atoms with van der Waals surface area (Å²) in [4.78, 5) is 0. The summed E-state index contributed by atoms with van der Waals surface area (Å²) in [5, 5.41) is 10.0. The molecule has 3 N–H and O–H groups in total. The van der Waals surface area contributed by atoms with E-state index in [9.17, 15) is 4.57 Å². The molecule has 0 saturated heterocycles. The Labute approximate surface area is 174 Å². The Kier molecular flexibility index (Phi) is 7.40. The maximum Gasteiger partial charge on any atom is 0.280 e. The molecular weight excluding hydrogens is 377 g/mol. The summed E-state index contributed by atoms with van der Waals surface area (Å²) < 4.78 is 14.0. The van der Waals surface area contributed by atoms with Crippen molar-refractivity contribution in [1.29, 1.82) is 0 Å². The van der Waals surface area contributed by atoms with Crippen molar-refractivity contribution in [2.24, 2.45) is 0 Å². The largest absolute Gasteiger partial charge is 0.280 e. The summed E-state index contributed by atoms with van der Waals surface area (Å²) in [7, 11) is -3.13. The topological polar surface area (TPSA) is 53.2 Å². The molecule has 0 heterocycles. The molecule has 3 aromatic carbocycles. The van der Waals surface area contributed by atoms with Gasteiger partial charge < -0.3 is 0 Å². The molecule has 0 radical (unpaired) electrons. The van der Waals surface area contributed by atoms with Crippen LogP contribution in [0, 0.1) is 0 Å². The lowest BCUT2D eigenvalue weighted by atomic mass is 10.1. The first-order valence-electron chi connectivity index (χ1n) is 10.0. The van der Waals surface area contributed by atoms with Gasteiger partial charge in [-0.05, 0) is 37.5 Å². The van der Waals surface area contributed by atoms with Gasteiger partial charge in [0.15, 0.2) is 0 Å². The molecule has 29 heavy (non-hydrogen) atoms. The van der Waals surface area contributed by atoms with E-state index in [4.69, 9.17) is 0 Å². The fraction of sp³-hybridized carbons (Fsp3) is 0.250. The molecule has 0 aliphatic rings. The fourth-order valence-electron chi connectivity index (χ4n) is 3.38. The van der Waals surface area contributed by atoms with E-state index >= 15 is 0 Å². The minimum atomic E-state index is -3.13. The molecule has 0 bridgehead atoms. The Hall–Kier alpha value is -2.23. The molecule has 3 rings (SSSR count). The molecule has 5 heteroatoms. The van der Waals surface area contributed by atoms with Crippen molar-refractivity contribution in [2.75, 3.05) is 0 Å². The summed E-state index contributed by atoms with van der Waals surface area (Å²) in [5.74, 6) is 0. The molecular formula is C24H30N3OP. The van der Waals surface area contributed by atoms with Gasteiger partial charge in [-0.25, -0.2) is 15.3 Å². The van der Waals surface area contributed by atoms with Crippen LogP contribution in [-0.2, 0) is 4.57 Å². The molecule has 0 saturated carbocycles. The predicted molar refractivity (Wildman–Crippen MR) is 122 cm³/mol. The van der Waals surface area contributed by atoms with E-state index in [1.807, 2.05) is 112 Å². The Morgan fingerprint density at radius 1 is 0.517 bits per heavy atom. The normalized spacial score (nSPS) is 14.9.